The predicted molar refractivity (Wildman–Crippen MR) is 65.4 cm³/mol. The van der Waals surface area contributed by atoms with Crippen LogP contribution in [0.15, 0.2) is 29.2 Å². The summed E-state index contributed by atoms with van der Waals surface area (Å²) < 4.78 is 6.05. The predicted octanol–water partition coefficient (Wildman–Crippen LogP) is -0.0449. The van der Waals surface area contributed by atoms with E-state index in [1.807, 2.05) is 0 Å². The van der Waals surface area contributed by atoms with E-state index in [1.165, 1.54) is 23.4 Å². The number of aliphatic carboxylic acids is 1. The molecule has 0 aliphatic rings. The number of urea groups is 1. The number of hydrogen-bond acceptors (Lipinski definition) is 5. The number of carbonyl (C=O) groups excluding carboxylic acids is 1. The van der Waals surface area contributed by atoms with E-state index in [-0.39, 0.29) is 19.1 Å². The second-order valence-corrected chi connectivity index (χ2v) is 3.97. The number of furan rings is 1. The molecule has 0 atom stereocenters. The Bertz CT molecular complexity index is 577. The SMILES string of the molecule is O=C(O)Cn1cc(CNC(=O)NCc2ccoc2)nn1. The lowest BCUT2D eigenvalue weighted by Crippen LogP contribution is -2.34. The van der Waals surface area contributed by atoms with Crippen molar-refractivity contribution in [2.24, 2.45) is 0 Å². The number of aromatic nitrogens is 3. The van der Waals surface area contributed by atoms with Crippen LogP contribution in [-0.2, 0) is 24.4 Å². The molecule has 0 aliphatic heterocycles. The zero-order valence-electron chi connectivity index (χ0n) is 10.4. The van der Waals surface area contributed by atoms with Crippen molar-refractivity contribution in [2.75, 3.05) is 0 Å². The van der Waals surface area contributed by atoms with Gasteiger partial charge in [0.25, 0.3) is 0 Å². The van der Waals surface area contributed by atoms with Gasteiger partial charge in [-0.2, -0.15) is 0 Å². The highest BCUT2D eigenvalue weighted by Crippen LogP contribution is 1.98. The summed E-state index contributed by atoms with van der Waals surface area (Å²) in [5, 5.41) is 21.2. The highest BCUT2D eigenvalue weighted by molar-refractivity contribution is 5.73. The van der Waals surface area contributed by atoms with Gasteiger partial charge in [0, 0.05) is 12.1 Å². The molecule has 0 saturated carbocycles. The van der Waals surface area contributed by atoms with Crippen molar-refractivity contribution in [3.8, 4) is 0 Å². The van der Waals surface area contributed by atoms with Crippen LogP contribution in [0, 0.1) is 0 Å². The molecule has 2 rings (SSSR count). The van der Waals surface area contributed by atoms with Gasteiger partial charge < -0.3 is 20.2 Å². The van der Waals surface area contributed by atoms with Gasteiger partial charge in [-0.25, -0.2) is 9.48 Å². The van der Waals surface area contributed by atoms with E-state index in [2.05, 4.69) is 20.9 Å². The minimum absolute atomic E-state index is 0.164. The number of hydrogen-bond donors (Lipinski definition) is 3. The zero-order valence-corrected chi connectivity index (χ0v) is 10.4. The Hall–Kier alpha value is -2.84. The normalized spacial score (nSPS) is 10.2. The molecule has 0 saturated heterocycles. The highest BCUT2D eigenvalue weighted by atomic mass is 16.4. The van der Waals surface area contributed by atoms with Crippen LogP contribution < -0.4 is 10.6 Å². The van der Waals surface area contributed by atoms with E-state index in [4.69, 9.17) is 9.52 Å². The van der Waals surface area contributed by atoms with E-state index in [0.29, 0.717) is 12.2 Å². The van der Waals surface area contributed by atoms with Crippen LogP contribution in [0.5, 0.6) is 0 Å². The van der Waals surface area contributed by atoms with Gasteiger partial charge >= 0.3 is 12.0 Å². The molecule has 0 aromatic carbocycles. The van der Waals surface area contributed by atoms with Crippen molar-refractivity contribution < 1.29 is 19.1 Å². The van der Waals surface area contributed by atoms with Gasteiger partial charge in [0.05, 0.1) is 25.3 Å². The summed E-state index contributed by atoms with van der Waals surface area (Å²) in [5.74, 6) is -1.01. The molecule has 0 fully saturated rings. The molecular weight excluding hydrogens is 266 g/mol. The van der Waals surface area contributed by atoms with Gasteiger partial charge in [-0.05, 0) is 6.07 Å². The lowest BCUT2D eigenvalue weighted by Gasteiger charge is -2.04. The molecule has 0 bridgehead atoms. The third kappa shape index (κ3) is 4.12. The van der Waals surface area contributed by atoms with Crippen LogP contribution in [0.1, 0.15) is 11.3 Å². The summed E-state index contributed by atoms with van der Waals surface area (Å²) >= 11 is 0. The number of carbonyl (C=O) groups is 2. The number of nitrogens with zero attached hydrogens (tertiary/aromatic N) is 3. The summed E-state index contributed by atoms with van der Waals surface area (Å²) in [4.78, 5) is 22.0. The molecule has 2 aromatic rings. The van der Waals surface area contributed by atoms with Gasteiger partial charge in [0.15, 0.2) is 0 Å². The van der Waals surface area contributed by atoms with E-state index >= 15 is 0 Å². The van der Waals surface area contributed by atoms with Gasteiger partial charge in [0.1, 0.15) is 12.2 Å². The standard InChI is InChI=1S/C11H13N5O4/c17-10(18)6-16-5-9(14-15-16)4-13-11(19)12-3-8-1-2-20-7-8/h1-2,5,7H,3-4,6H2,(H,17,18)(H2,12,13,19). The number of carboxylic acid groups (broad SMARTS) is 1. The quantitative estimate of drug-likeness (QED) is 0.681. The van der Waals surface area contributed by atoms with E-state index in [1.54, 1.807) is 6.07 Å². The molecule has 0 spiro atoms. The Morgan fingerprint density at radius 3 is 2.85 bits per heavy atom. The monoisotopic (exact) mass is 279 g/mol. The van der Waals surface area contributed by atoms with Gasteiger partial charge in [0.2, 0.25) is 0 Å². The minimum atomic E-state index is -1.01. The fourth-order valence-corrected chi connectivity index (χ4v) is 1.44. The Balaban J connectivity index is 1.72. The fraction of sp³-hybridized carbons (Fsp3) is 0.273. The van der Waals surface area contributed by atoms with Crippen LogP contribution in [0.3, 0.4) is 0 Å². The largest absolute Gasteiger partial charge is 0.480 e. The average molecular weight is 279 g/mol. The van der Waals surface area contributed by atoms with E-state index in [0.717, 1.165) is 5.56 Å². The number of amides is 2. The van der Waals surface area contributed by atoms with Crippen molar-refractivity contribution >= 4 is 12.0 Å². The van der Waals surface area contributed by atoms with Crippen molar-refractivity contribution in [1.82, 2.24) is 25.6 Å². The minimum Gasteiger partial charge on any atom is -0.480 e. The molecule has 0 unspecified atom stereocenters. The molecule has 9 nitrogen and oxygen atoms in total. The topological polar surface area (TPSA) is 122 Å². The van der Waals surface area contributed by atoms with E-state index in [9.17, 15) is 9.59 Å². The van der Waals surface area contributed by atoms with Crippen LogP contribution >= 0.6 is 0 Å². The molecule has 0 aliphatic carbocycles. The molecular formula is C11H13N5O4. The number of nitrogens with one attached hydrogen (secondary N) is 2. The summed E-state index contributed by atoms with van der Waals surface area (Å²) in [6.07, 6.45) is 4.53. The van der Waals surface area contributed by atoms with Gasteiger partial charge in [-0.3, -0.25) is 4.79 Å². The van der Waals surface area contributed by atoms with Crippen molar-refractivity contribution in [3.05, 3.63) is 36.0 Å². The zero-order chi connectivity index (χ0) is 14.4. The third-order valence-corrected chi connectivity index (χ3v) is 2.35. The maximum atomic E-state index is 11.5. The summed E-state index contributed by atoms with van der Waals surface area (Å²) in [5.41, 5.74) is 1.33. The highest BCUT2D eigenvalue weighted by Gasteiger charge is 2.06. The van der Waals surface area contributed by atoms with Crippen LogP contribution in [0.4, 0.5) is 4.79 Å². The average Bonchev–Trinajstić information content (AvgIpc) is 3.04. The first kappa shape index (κ1) is 13.6. The Morgan fingerprint density at radius 2 is 2.15 bits per heavy atom. The lowest BCUT2D eigenvalue weighted by molar-refractivity contribution is -0.137. The molecule has 9 heteroatoms. The second kappa shape index (κ2) is 6.36. The Kier molecular flexibility index (Phi) is 4.32. The van der Waals surface area contributed by atoms with Crippen molar-refractivity contribution in [3.63, 3.8) is 0 Å². The van der Waals surface area contributed by atoms with Gasteiger partial charge in [-0.1, -0.05) is 5.21 Å². The molecule has 2 amide bonds. The Morgan fingerprint density at radius 1 is 1.35 bits per heavy atom. The molecule has 3 N–H and O–H groups in total. The third-order valence-electron chi connectivity index (χ3n) is 2.35. The molecule has 106 valence electrons. The smallest absolute Gasteiger partial charge is 0.325 e. The number of rotatable bonds is 6. The first-order valence-electron chi connectivity index (χ1n) is 5.77. The fourth-order valence-electron chi connectivity index (χ4n) is 1.44. The molecule has 20 heavy (non-hydrogen) atoms. The summed E-state index contributed by atoms with van der Waals surface area (Å²) in [6.45, 7) is 0.255. The summed E-state index contributed by atoms with van der Waals surface area (Å²) in [7, 11) is 0. The Labute approximate surface area is 113 Å². The first-order chi connectivity index (χ1) is 9.63. The molecule has 2 aromatic heterocycles. The lowest BCUT2D eigenvalue weighted by atomic mass is 10.3. The first-order valence-corrected chi connectivity index (χ1v) is 5.77. The molecule has 0 radical (unpaired) electrons. The van der Waals surface area contributed by atoms with Crippen LogP contribution in [-0.4, -0.2) is 32.1 Å². The van der Waals surface area contributed by atoms with Crippen LogP contribution in [0.25, 0.3) is 0 Å². The molecule has 2 heterocycles. The van der Waals surface area contributed by atoms with Crippen LogP contribution in [0.2, 0.25) is 0 Å². The van der Waals surface area contributed by atoms with Crippen molar-refractivity contribution in [2.45, 2.75) is 19.6 Å². The maximum Gasteiger partial charge on any atom is 0.325 e. The van der Waals surface area contributed by atoms with Gasteiger partial charge in [-0.15, -0.1) is 5.10 Å². The summed E-state index contributed by atoms with van der Waals surface area (Å²) in [6, 6.07) is 1.39. The van der Waals surface area contributed by atoms with E-state index < -0.39 is 5.97 Å². The second-order valence-electron chi connectivity index (χ2n) is 3.97. The maximum absolute atomic E-state index is 11.5. The number of carboxylic acids is 1. The van der Waals surface area contributed by atoms with Crippen molar-refractivity contribution in [1.29, 1.82) is 0 Å².